The van der Waals surface area contributed by atoms with Gasteiger partial charge in [0.25, 0.3) is 11.8 Å². The molecule has 1 aliphatic heterocycles. The molecule has 13 heteroatoms. The van der Waals surface area contributed by atoms with Gasteiger partial charge in [0.15, 0.2) is 5.82 Å². The molecule has 11 nitrogen and oxygen atoms in total. The van der Waals surface area contributed by atoms with Crippen LogP contribution in [-0.2, 0) is 0 Å². The minimum Gasteiger partial charge on any atom is -0.508 e. The van der Waals surface area contributed by atoms with Gasteiger partial charge in [-0.2, -0.15) is 0 Å². The Morgan fingerprint density at radius 2 is 2.00 bits per heavy atom. The van der Waals surface area contributed by atoms with Crippen molar-refractivity contribution in [2.24, 2.45) is 5.18 Å². The number of hydrogen-bond acceptors (Lipinski definition) is 11. The van der Waals surface area contributed by atoms with E-state index in [1.54, 1.807) is 29.7 Å². The first-order chi connectivity index (χ1) is 20.4. The molecule has 214 valence electrons. The number of allylic oxidation sites excluding steroid dienone is 3. The number of nitroso groups, excluding NO2 is 1. The summed E-state index contributed by atoms with van der Waals surface area (Å²) in [7, 11) is 2.02. The van der Waals surface area contributed by atoms with Gasteiger partial charge in [0.05, 0.1) is 11.2 Å². The molecule has 6 rings (SSSR count). The first-order valence-electron chi connectivity index (χ1n) is 13.3. The summed E-state index contributed by atoms with van der Waals surface area (Å²) in [5.41, 5.74) is 1.57. The van der Waals surface area contributed by atoms with Gasteiger partial charge in [-0.3, -0.25) is 4.79 Å². The van der Waals surface area contributed by atoms with Crippen LogP contribution in [0.5, 0.6) is 0 Å². The molecular weight excluding hydrogens is 561 g/mol. The Bertz CT molecular complexity index is 1770. The van der Waals surface area contributed by atoms with Crippen LogP contribution in [0.1, 0.15) is 39.9 Å². The zero-order chi connectivity index (χ0) is 29.2. The Kier molecular flexibility index (Phi) is 7.59. The van der Waals surface area contributed by atoms with Crippen molar-refractivity contribution in [2.75, 3.05) is 43.4 Å². The van der Waals surface area contributed by atoms with E-state index in [0.717, 1.165) is 19.5 Å². The van der Waals surface area contributed by atoms with Crippen LogP contribution in [0.2, 0.25) is 0 Å². The van der Waals surface area contributed by atoms with E-state index in [-0.39, 0.29) is 29.0 Å². The molecule has 2 aliphatic rings. The van der Waals surface area contributed by atoms with Crippen LogP contribution >= 0.6 is 11.3 Å². The summed E-state index contributed by atoms with van der Waals surface area (Å²) in [5.74, 6) is -0.137. The van der Waals surface area contributed by atoms with Crippen molar-refractivity contribution in [3.8, 4) is 0 Å². The molecule has 0 spiro atoms. The molecule has 2 N–H and O–H groups in total. The lowest BCUT2D eigenvalue weighted by atomic mass is 10.0. The maximum absolute atomic E-state index is 15.4. The summed E-state index contributed by atoms with van der Waals surface area (Å²) in [6, 6.07) is 5.99. The van der Waals surface area contributed by atoms with Crippen LogP contribution in [0.4, 0.5) is 21.8 Å². The van der Waals surface area contributed by atoms with Crippen molar-refractivity contribution in [2.45, 2.75) is 12.8 Å². The number of carbonyl (C=O) groups is 1. The van der Waals surface area contributed by atoms with E-state index < -0.39 is 11.7 Å². The Morgan fingerprint density at radius 3 is 2.76 bits per heavy atom. The molecule has 3 aromatic heterocycles. The van der Waals surface area contributed by atoms with Gasteiger partial charge in [-0.15, -0.1) is 16.2 Å². The second-order valence-electron chi connectivity index (χ2n) is 9.94. The molecule has 4 heterocycles. The summed E-state index contributed by atoms with van der Waals surface area (Å²) in [6.07, 6.45) is 8.00. The highest BCUT2D eigenvalue weighted by molar-refractivity contribution is 7.11. The van der Waals surface area contributed by atoms with Crippen molar-refractivity contribution in [3.63, 3.8) is 0 Å². The number of rotatable bonds is 7. The Hall–Kier alpha value is -4.75. The van der Waals surface area contributed by atoms with Crippen LogP contribution in [0.15, 0.2) is 57.2 Å². The molecule has 0 radical (unpaired) electrons. The summed E-state index contributed by atoms with van der Waals surface area (Å²) >= 11 is 1.27. The van der Waals surface area contributed by atoms with Crippen molar-refractivity contribution >= 4 is 63.3 Å². The minimum atomic E-state index is -0.503. The first kappa shape index (κ1) is 27.4. The van der Waals surface area contributed by atoms with Crippen LogP contribution < -0.4 is 10.2 Å². The number of nitrogens with one attached hydrogen (secondary N) is 1. The van der Waals surface area contributed by atoms with E-state index in [1.807, 2.05) is 18.0 Å². The number of aliphatic hydroxyl groups is 1. The average molecular weight is 588 g/mol. The lowest BCUT2D eigenvalue weighted by Crippen LogP contribution is -2.44. The number of fused-ring (bicyclic) bond motifs is 1. The Morgan fingerprint density at radius 1 is 1.17 bits per heavy atom. The highest BCUT2D eigenvalue weighted by Gasteiger charge is 2.22. The largest absolute Gasteiger partial charge is 0.508 e. The van der Waals surface area contributed by atoms with Gasteiger partial charge in [0.1, 0.15) is 33.9 Å². The molecule has 1 amide bonds. The number of piperazine rings is 1. The molecule has 0 atom stereocenters. The van der Waals surface area contributed by atoms with Crippen LogP contribution in [0.3, 0.4) is 0 Å². The monoisotopic (exact) mass is 587 g/mol. The normalized spacial score (nSPS) is 16.1. The van der Waals surface area contributed by atoms with Crippen molar-refractivity contribution in [1.82, 2.24) is 19.9 Å². The van der Waals surface area contributed by atoms with E-state index >= 15 is 4.39 Å². The third-order valence-electron chi connectivity index (χ3n) is 7.10. The summed E-state index contributed by atoms with van der Waals surface area (Å²) in [6.45, 7) is 2.90. The van der Waals surface area contributed by atoms with Gasteiger partial charge in [-0.1, -0.05) is 6.08 Å². The number of benzene rings is 1. The zero-order valence-electron chi connectivity index (χ0n) is 22.6. The highest BCUT2D eigenvalue weighted by Crippen LogP contribution is 2.32. The van der Waals surface area contributed by atoms with Crippen LogP contribution in [-0.4, -0.2) is 64.1 Å². The second-order valence-corrected chi connectivity index (χ2v) is 10.8. The van der Waals surface area contributed by atoms with E-state index in [0.29, 0.717) is 52.4 Å². The topological polar surface area (TPSA) is 137 Å². The maximum atomic E-state index is 15.4. The second kappa shape index (κ2) is 11.6. The number of aliphatic hydroxyl groups excluding tert-OH is 1. The number of halogens is 1. The molecule has 4 aromatic rings. The Balaban J connectivity index is 1.36. The van der Waals surface area contributed by atoms with Gasteiger partial charge in [-0.05, 0) is 50.3 Å². The third-order valence-corrected chi connectivity index (χ3v) is 8.00. The molecule has 0 bridgehead atoms. The molecule has 42 heavy (non-hydrogen) atoms. The molecule has 1 aliphatic carbocycles. The number of anilines is 2. The molecule has 1 aromatic carbocycles. The number of amides is 1. The molecular formula is C29H26FN7O4S. The fraction of sp³-hybridized carbons (Fsp3) is 0.241. The number of aromatic nitrogens is 3. The number of likely N-dealkylation sites (N-methyl/N-ethyl adjacent to an activating group) is 1. The predicted molar refractivity (Wildman–Crippen MR) is 160 cm³/mol. The quantitative estimate of drug-likeness (QED) is 0.249. The van der Waals surface area contributed by atoms with Gasteiger partial charge >= 0.3 is 0 Å². The standard InChI is InChI=1S/C29H26FN7O4S/c1-36-10-12-37(13-11-36)23-14-19-21(15-20(23)30)31-25(8-6-17-7-9-26(35-40)41-17)33-27(19)34-28(39)22-16-42-29(32-22)18-4-2-3-5-24(18)38/h3,5-9,14-16,38H,2,4,10-13H2,1H3,(H,31,33,34,39)/b8-6+. The van der Waals surface area contributed by atoms with E-state index in [2.05, 4.69) is 30.3 Å². The lowest BCUT2D eigenvalue weighted by Gasteiger charge is -2.34. The SMILES string of the molecule is CN1CCN(c2cc3c(NC(=O)c4csc(C5=C(O)C=CCC5)n4)nc(/C=C/c4ccc(N=O)o4)nc3cc2F)CC1. The van der Waals surface area contributed by atoms with Gasteiger partial charge in [-0.25, -0.2) is 19.3 Å². The number of furan rings is 1. The average Bonchev–Trinajstić information content (AvgIpc) is 3.67. The molecule has 0 unspecified atom stereocenters. The van der Waals surface area contributed by atoms with Crippen molar-refractivity contribution < 1.29 is 18.7 Å². The summed E-state index contributed by atoms with van der Waals surface area (Å²) in [5, 5.41) is 18.5. The van der Waals surface area contributed by atoms with E-state index in [1.165, 1.54) is 29.5 Å². The van der Waals surface area contributed by atoms with E-state index in [4.69, 9.17) is 4.42 Å². The van der Waals surface area contributed by atoms with Gasteiger partial charge in [0, 0.05) is 59.8 Å². The van der Waals surface area contributed by atoms with Crippen molar-refractivity contribution in [1.29, 1.82) is 0 Å². The zero-order valence-corrected chi connectivity index (χ0v) is 23.4. The number of nitrogens with zero attached hydrogens (tertiary/aromatic N) is 6. The smallest absolute Gasteiger partial charge is 0.276 e. The minimum absolute atomic E-state index is 0.0727. The van der Waals surface area contributed by atoms with Gasteiger partial charge in [0.2, 0.25) is 0 Å². The number of thiazole rings is 1. The molecule has 1 saturated heterocycles. The van der Waals surface area contributed by atoms with Crippen LogP contribution in [0, 0.1) is 10.7 Å². The van der Waals surface area contributed by atoms with E-state index in [9.17, 15) is 14.8 Å². The Labute approximate surface area is 243 Å². The molecule has 1 fully saturated rings. The lowest BCUT2D eigenvalue weighted by molar-refractivity contribution is 0.102. The van der Waals surface area contributed by atoms with Gasteiger partial charge < -0.3 is 24.6 Å². The first-order valence-corrected chi connectivity index (χ1v) is 14.2. The van der Waals surface area contributed by atoms with Crippen molar-refractivity contribution in [3.05, 3.63) is 80.6 Å². The number of hydrogen-bond donors (Lipinski definition) is 2. The maximum Gasteiger partial charge on any atom is 0.276 e. The predicted octanol–water partition coefficient (Wildman–Crippen LogP) is 6.01. The van der Waals surface area contributed by atoms with Crippen LogP contribution in [0.25, 0.3) is 28.6 Å². The third kappa shape index (κ3) is 5.69. The summed E-state index contributed by atoms with van der Waals surface area (Å²) in [4.78, 5) is 41.7. The fourth-order valence-corrected chi connectivity index (χ4v) is 5.69. The molecule has 0 saturated carbocycles. The fourth-order valence-electron chi connectivity index (χ4n) is 4.81. The highest BCUT2D eigenvalue weighted by atomic mass is 32.1. The number of carbonyl (C=O) groups excluding carboxylic acids is 1. The summed E-state index contributed by atoms with van der Waals surface area (Å²) < 4.78 is 20.7.